The number of nitrogens with zero attached hydrogens (tertiary/aromatic N) is 1. The molecule has 1 aromatic carbocycles. The Balaban J connectivity index is 1.43. The number of rotatable bonds is 2. The average Bonchev–Trinajstić information content (AvgIpc) is 3.45. The number of allylic oxidation sites excluding steroid dienone is 2. The van der Waals surface area contributed by atoms with E-state index in [1.165, 1.54) is 0 Å². The third-order valence-electron chi connectivity index (χ3n) is 6.52. The number of alkyl carbamates (subject to hydrolysis) is 1. The van der Waals surface area contributed by atoms with E-state index in [2.05, 4.69) is 5.32 Å². The minimum absolute atomic E-state index is 0.0115. The van der Waals surface area contributed by atoms with E-state index in [1.807, 2.05) is 30.3 Å². The molecule has 2 fully saturated rings. The molecule has 3 unspecified atom stereocenters. The molecule has 1 aromatic rings. The van der Waals surface area contributed by atoms with E-state index in [9.17, 15) is 9.59 Å². The van der Waals surface area contributed by atoms with Crippen molar-refractivity contribution in [2.45, 2.75) is 24.4 Å². The van der Waals surface area contributed by atoms with E-state index in [-0.39, 0.29) is 12.0 Å². The van der Waals surface area contributed by atoms with E-state index in [0.717, 1.165) is 47.8 Å². The number of benzene rings is 1. The standard InChI is InChI=1S/C21H20N2O5/c24-19-21(11-27-18-8-17-12(5-6-26-17)7-15(18)21)14-3-1-2-4-16(14)23(19)10-13-9-22-20(25)28-13/h1-4,8,12-13H,5-7,9-11H2,(H,22,25). The number of amides is 2. The molecule has 0 bridgehead atoms. The number of fused-ring (bicyclic) bond motifs is 4. The summed E-state index contributed by atoms with van der Waals surface area (Å²) in [7, 11) is 0. The van der Waals surface area contributed by atoms with Gasteiger partial charge < -0.3 is 24.4 Å². The monoisotopic (exact) mass is 380 g/mol. The minimum atomic E-state index is -0.785. The molecule has 4 heterocycles. The lowest BCUT2D eigenvalue weighted by molar-refractivity contribution is -0.122. The molecule has 4 aliphatic heterocycles. The fourth-order valence-electron chi connectivity index (χ4n) is 5.17. The van der Waals surface area contributed by atoms with Crippen molar-refractivity contribution in [3.63, 3.8) is 0 Å². The first-order valence-corrected chi connectivity index (χ1v) is 9.73. The average molecular weight is 380 g/mol. The van der Waals surface area contributed by atoms with Gasteiger partial charge in [-0.15, -0.1) is 0 Å². The van der Waals surface area contributed by atoms with Gasteiger partial charge in [0, 0.05) is 17.7 Å². The fraction of sp³-hybridized carbons (Fsp3) is 0.429. The van der Waals surface area contributed by atoms with Crippen molar-refractivity contribution in [3.05, 3.63) is 53.0 Å². The normalized spacial score (nSPS) is 32.4. The third-order valence-corrected chi connectivity index (χ3v) is 6.52. The van der Waals surface area contributed by atoms with Crippen molar-refractivity contribution in [1.82, 2.24) is 5.32 Å². The molecule has 1 spiro atoms. The number of cyclic esters (lactones) is 1. The summed E-state index contributed by atoms with van der Waals surface area (Å²) in [5, 5.41) is 2.66. The maximum absolute atomic E-state index is 13.8. The van der Waals surface area contributed by atoms with E-state index in [1.54, 1.807) is 4.90 Å². The number of carbonyl (C=O) groups is 2. The summed E-state index contributed by atoms with van der Waals surface area (Å²) in [5.74, 6) is 2.10. The zero-order valence-corrected chi connectivity index (χ0v) is 15.3. The van der Waals surface area contributed by atoms with Crippen molar-refractivity contribution in [2.24, 2.45) is 5.92 Å². The molecular formula is C21H20N2O5. The van der Waals surface area contributed by atoms with Crippen molar-refractivity contribution in [3.8, 4) is 0 Å². The summed E-state index contributed by atoms with van der Waals surface area (Å²) in [4.78, 5) is 27.0. The Morgan fingerprint density at radius 1 is 1.21 bits per heavy atom. The zero-order chi connectivity index (χ0) is 18.9. The van der Waals surface area contributed by atoms with Crippen LogP contribution in [0, 0.1) is 5.92 Å². The van der Waals surface area contributed by atoms with Crippen LogP contribution in [0.25, 0.3) is 0 Å². The van der Waals surface area contributed by atoms with Gasteiger partial charge in [-0.1, -0.05) is 18.2 Å². The van der Waals surface area contributed by atoms with Crippen LogP contribution in [0.2, 0.25) is 0 Å². The van der Waals surface area contributed by atoms with Crippen LogP contribution in [0.15, 0.2) is 47.4 Å². The number of anilines is 1. The Morgan fingerprint density at radius 3 is 2.96 bits per heavy atom. The Labute approximate surface area is 161 Å². The van der Waals surface area contributed by atoms with Gasteiger partial charge >= 0.3 is 6.09 Å². The number of hydrogen-bond acceptors (Lipinski definition) is 5. The minimum Gasteiger partial charge on any atom is -0.497 e. The largest absolute Gasteiger partial charge is 0.497 e. The summed E-state index contributed by atoms with van der Waals surface area (Å²) in [5.41, 5.74) is 2.14. The predicted molar refractivity (Wildman–Crippen MR) is 98.5 cm³/mol. The van der Waals surface area contributed by atoms with Gasteiger partial charge in [-0.05, 0) is 30.0 Å². The highest BCUT2D eigenvalue weighted by Crippen LogP contribution is 2.55. The van der Waals surface area contributed by atoms with Gasteiger partial charge in [0.15, 0.2) is 0 Å². The second-order valence-corrected chi connectivity index (χ2v) is 7.96. The van der Waals surface area contributed by atoms with Crippen molar-refractivity contribution >= 4 is 17.7 Å². The van der Waals surface area contributed by atoms with E-state index in [4.69, 9.17) is 14.2 Å². The maximum atomic E-state index is 13.8. The number of ether oxygens (including phenoxy) is 3. The molecule has 0 radical (unpaired) electrons. The molecule has 2 amide bonds. The lowest BCUT2D eigenvalue weighted by Gasteiger charge is -2.28. The quantitative estimate of drug-likeness (QED) is 0.849. The third kappa shape index (κ3) is 1.99. The molecular weight excluding hydrogens is 360 g/mol. The molecule has 7 nitrogen and oxygen atoms in total. The Hall–Kier alpha value is -2.96. The number of hydrogen-bond donors (Lipinski definition) is 1. The Kier molecular flexibility index (Phi) is 3.17. The highest BCUT2D eigenvalue weighted by atomic mass is 16.6. The predicted octanol–water partition coefficient (Wildman–Crippen LogP) is 1.99. The molecule has 6 rings (SSSR count). The second kappa shape index (κ2) is 5.53. The maximum Gasteiger partial charge on any atom is 0.407 e. The lowest BCUT2D eigenvalue weighted by Crippen LogP contribution is -2.46. The second-order valence-electron chi connectivity index (χ2n) is 7.96. The van der Waals surface area contributed by atoms with Crippen LogP contribution in [0.3, 0.4) is 0 Å². The molecule has 144 valence electrons. The van der Waals surface area contributed by atoms with Crippen molar-refractivity contribution in [1.29, 1.82) is 0 Å². The van der Waals surface area contributed by atoms with E-state index >= 15 is 0 Å². The zero-order valence-electron chi connectivity index (χ0n) is 15.3. The molecule has 7 heteroatoms. The van der Waals surface area contributed by atoms with Crippen LogP contribution < -0.4 is 10.2 Å². The molecule has 0 saturated carbocycles. The first-order valence-electron chi connectivity index (χ1n) is 9.73. The SMILES string of the molecule is O=C1NCC(CN2C(=O)C3(COC4=C3CC3CCOC3=C4)c3ccccc32)O1. The van der Waals surface area contributed by atoms with Crippen molar-refractivity contribution in [2.75, 3.05) is 31.2 Å². The fourth-order valence-corrected chi connectivity index (χ4v) is 5.17. The van der Waals surface area contributed by atoms with Crippen LogP contribution in [0.5, 0.6) is 0 Å². The van der Waals surface area contributed by atoms with Crippen LogP contribution >= 0.6 is 0 Å². The van der Waals surface area contributed by atoms with E-state index in [0.29, 0.717) is 25.6 Å². The number of nitrogens with one attached hydrogen (secondary N) is 1. The van der Waals surface area contributed by atoms with Gasteiger partial charge in [0.1, 0.15) is 29.6 Å². The van der Waals surface area contributed by atoms with Gasteiger partial charge in [0.25, 0.3) is 0 Å². The summed E-state index contributed by atoms with van der Waals surface area (Å²) in [6, 6.07) is 7.89. The van der Waals surface area contributed by atoms with Crippen LogP contribution in [0.1, 0.15) is 18.4 Å². The van der Waals surface area contributed by atoms with Gasteiger partial charge in [-0.2, -0.15) is 0 Å². The first kappa shape index (κ1) is 16.0. The Bertz CT molecular complexity index is 967. The van der Waals surface area contributed by atoms with Crippen LogP contribution in [-0.2, 0) is 24.4 Å². The lowest BCUT2D eigenvalue weighted by atomic mass is 9.71. The molecule has 2 saturated heterocycles. The van der Waals surface area contributed by atoms with Gasteiger partial charge in [0.2, 0.25) is 5.91 Å². The summed E-state index contributed by atoms with van der Waals surface area (Å²) >= 11 is 0. The van der Waals surface area contributed by atoms with Crippen LogP contribution in [-0.4, -0.2) is 44.4 Å². The molecule has 1 aliphatic carbocycles. The molecule has 5 aliphatic rings. The molecule has 1 N–H and O–H groups in total. The summed E-state index contributed by atoms with van der Waals surface area (Å²) in [6.07, 6.45) is 2.96. The number of para-hydroxylation sites is 1. The Morgan fingerprint density at radius 2 is 2.11 bits per heavy atom. The van der Waals surface area contributed by atoms with Gasteiger partial charge in [-0.3, -0.25) is 4.79 Å². The highest BCUT2D eigenvalue weighted by molar-refractivity contribution is 6.11. The van der Waals surface area contributed by atoms with Gasteiger partial charge in [-0.25, -0.2) is 4.79 Å². The summed E-state index contributed by atoms with van der Waals surface area (Å²) in [6.45, 7) is 1.78. The summed E-state index contributed by atoms with van der Waals surface area (Å²) < 4.78 is 17.1. The topological polar surface area (TPSA) is 77.1 Å². The number of carbonyl (C=O) groups excluding carboxylic acids is 2. The molecule has 0 aromatic heterocycles. The molecule has 3 atom stereocenters. The molecule has 28 heavy (non-hydrogen) atoms. The first-order chi connectivity index (χ1) is 13.7. The van der Waals surface area contributed by atoms with Crippen molar-refractivity contribution < 1.29 is 23.8 Å². The van der Waals surface area contributed by atoms with Crippen LogP contribution in [0.4, 0.5) is 10.5 Å². The highest BCUT2D eigenvalue weighted by Gasteiger charge is 2.59. The smallest absolute Gasteiger partial charge is 0.407 e. The van der Waals surface area contributed by atoms with Gasteiger partial charge in [0.05, 0.1) is 19.7 Å². The van der Waals surface area contributed by atoms with E-state index < -0.39 is 11.5 Å².